The predicted octanol–water partition coefficient (Wildman–Crippen LogP) is 2.93. The van der Waals surface area contributed by atoms with Gasteiger partial charge >= 0.3 is 5.97 Å². The summed E-state index contributed by atoms with van der Waals surface area (Å²) in [6, 6.07) is 7.98. The lowest BCUT2D eigenvalue weighted by Gasteiger charge is -2.19. The maximum Gasteiger partial charge on any atom is 0.302 e. The summed E-state index contributed by atoms with van der Waals surface area (Å²) in [6.45, 7) is 8.53. The van der Waals surface area contributed by atoms with E-state index in [9.17, 15) is 4.79 Å². The summed E-state index contributed by atoms with van der Waals surface area (Å²) in [4.78, 5) is 10.6. The van der Waals surface area contributed by atoms with Crippen LogP contribution in [-0.4, -0.2) is 19.2 Å². The van der Waals surface area contributed by atoms with Crippen LogP contribution in [0.2, 0.25) is 0 Å². The summed E-state index contributed by atoms with van der Waals surface area (Å²) >= 11 is 0. The molecule has 0 heterocycles. The Balaban J connectivity index is 2.52. The van der Waals surface area contributed by atoms with E-state index in [1.807, 2.05) is 18.2 Å². The predicted molar refractivity (Wildman–Crippen MR) is 67.3 cm³/mol. The van der Waals surface area contributed by atoms with E-state index in [2.05, 4.69) is 26.8 Å². The second kappa shape index (κ2) is 5.71. The lowest BCUT2D eigenvalue weighted by atomic mass is 9.87. The molecule has 0 aromatic heterocycles. The SMILES string of the molecule is CC(=O)OCCOc1cccc(C(C)(C)C)c1. The molecule has 1 rings (SSSR count). The van der Waals surface area contributed by atoms with Gasteiger partial charge in [-0.05, 0) is 23.1 Å². The highest BCUT2D eigenvalue weighted by atomic mass is 16.6. The molecule has 0 N–H and O–H groups in total. The van der Waals surface area contributed by atoms with Crippen LogP contribution >= 0.6 is 0 Å². The standard InChI is InChI=1S/C14H20O3/c1-11(15)16-8-9-17-13-7-5-6-12(10-13)14(2,3)4/h5-7,10H,8-9H2,1-4H3. The van der Waals surface area contributed by atoms with E-state index in [1.54, 1.807) is 0 Å². The molecule has 1 aromatic rings. The number of hydrogen-bond donors (Lipinski definition) is 0. The Morgan fingerprint density at radius 2 is 1.94 bits per heavy atom. The van der Waals surface area contributed by atoms with E-state index in [1.165, 1.54) is 12.5 Å². The molecule has 0 bridgehead atoms. The van der Waals surface area contributed by atoms with Crippen LogP contribution in [0, 0.1) is 0 Å². The number of carbonyl (C=O) groups excluding carboxylic acids is 1. The lowest BCUT2D eigenvalue weighted by molar-refractivity contribution is -0.141. The molecule has 0 spiro atoms. The van der Waals surface area contributed by atoms with Crippen molar-refractivity contribution in [1.29, 1.82) is 0 Å². The van der Waals surface area contributed by atoms with Crippen molar-refractivity contribution >= 4 is 5.97 Å². The van der Waals surface area contributed by atoms with Crippen LogP contribution in [0.15, 0.2) is 24.3 Å². The zero-order chi connectivity index (χ0) is 12.9. The van der Waals surface area contributed by atoms with Crippen molar-refractivity contribution in [2.24, 2.45) is 0 Å². The smallest absolute Gasteiger partial charge is 0.302 e. The summed E-state index contributed by atoms with van der Waals surface area (Å²) in [5.41, 5.74) is 1.33. The molecular weight excluding hydrogens is 216 g/mol. The lowest BCUT2D eigenvalue weighted by Crippen LogP contribution is -2.12. The second-order valence-corrected chi connectivity index (χ2v) is 4.97. The van der Waals surface area contributed by atoms with E-state index in [4.69, 9.17) is 9.47 Å². The number of rotatable bonds is 4. The summed E-state index contributed by atoms with van der Waals surface area (Å²) in [5.74, 6) is 0.529. The van der Waals surface area contributed by atoms with E-state index >= 15 is 0 Å². The summed E-state index contributed by atoms with van der Waals surface area (Å²) in [7, 11) is 0. The molecule has 0 saturated heterocycles. The van der Waals surface area contributed by atoms with E-state index in [0.29, 0.717) is 6.61 Å². The van der Waals surface area contributed by atoms with Gasteiger partial charge in [-0.1, -0.05) is 32.9 Å². The molecule has 0 aliphatic rings. The molecule has 3 heteroatoms. The Morgan fingerprint density at radius 1 is 1.24 bits per heavy atom. The fourth-order valence-electron chi connectivity index (χ4n) is 1.40. The van der Waals surface area contributed by atoms with Crippen molar-refractivity contribution in [1.82, 2.24) is 0 Å². The van der Waals surface area contributed by atoms with Crippen molar-refractivity contribution < 1.29 is 14.3 Å². The third kappa shape index (κ3) is 4.89. The highest BCUT2D eigenvalue weighted by Crippen LogP contribution is 2.25. The molecular formula is C14H20O3. The molecule has 0 fully saturated rings. The summed E-state index contributed by atoms with van der Waals surface area (Å²) in [6.07, 6.45) is 0. The Morgan fingerprint density at radius 3 is 2.53 bits per heavy atom. The molecule has 17 heavy (non-hydrogen) atoms. The zero-order valence-electron chi connectivity index (χ0n) is 10.9. The van der Waals surface area contributed by atoms with Crippen molar-refractivity contribution in [3.8, 4) is 5.75 Å². The molecule has 0 atom stereocenters. The van der Waals surface area contributed by atoms with Crippen LogP contribution in [0.3, 0.4) is 0 Å². The largest absolute Gasteiger partial charge is 0.490 e. The minimum Gasteiger partial charge on any atom is -0.490 e. The average Bonchev–Trinajstić information content (AvgIpc) is 2.23. The first-order valence-corrected chi connectivity index (χ1v) is 5.76. The Labute approximate surface area is 103 Å². The van der Waals surface area contributed by atoms with Crippen molar-refractivity contribution in [3.05, 3.63) is 29.8 Å². The van der Waals surface area contributed by atoms with E-state index in [-0.39, 0.29) is 18.0 Å². The maximum absolute atomic E-state index is 10.6. The van der Waals surface area contributed by atoms with Gasteiger partial charge in [0.05, 0.1) is 0 Å². The fraction of sp³-hybridized carbons (Fsp3) is 0.500. The normalized spacial score (nSPS) is 11.1. The molecule has 0 amide bonds. The third-order valence-corrected chi connectivity index (χ3v) is 2.36. The average molecular weight is 236 g/mol. The Bertz CT molecular complexity index is 377. The second-order valence-electron chi connectivity index (χ2n) is 4.97. The van der Waals surface area contributed by atoms with E-state index in [0.717, 1.165) is 5.75 Å². The van der Waals surface area contributed by atoms with Gasteiger partial charge in [0.1, 0.15) is 19.0 Å². The van der Waals surface area contributed by atoms with Gasteiger partial charge < -0.3 is 9.47 Å². The van der Waals surface area contributed by atoms with Gasteiger partial charge in [-0.15, -0.1) is 0 Å². The minimum atomic E-state index is -0.281. The molecule has 3 nitrogen and oxygen atoms in total. The van der Waals surface area contributed by atoms with Crippen LogP contribution < -0.4 is 4.74 Å². The molecule has 0 unspecified atom stereocenters. The Hall–Kier alpha value is -1.51. The van der Waals surface area contributed by atoms with Crippen molar-refractivity contribution in [3.63, 3.8) is 0 Å². The fourth-order valence-corrected chi connectivity index (χ4v) is 1.40. The van der Waals surface area contributed by atoms with E-state index < -0.39 is 0 Å². The molecule has 0 saturated carbocycles. The quantitative estimate of drug-likeness (QED) is 0.595. The van der Waals surface area contributed by atoms with Crippen LogP contribution in [0.5, 0.6) is 5.75 Å². The zero-order valence-corrected chi connectivity index (χ0v) is 10.9. The maximum atomic E-state index is 10.6. The van der Waals surface area contributed by atoms with Gasteiger partial charge in [0.2, 0.25) is 0 Å². The monoisotopic (exact) mass is 236 g/mol. The van der Waals surface area contributed by atoms with Gasteiger partial charge in [0.15, 0.2) is 0 Å². The highest BCUT2D eigenvalue weighted by molar-refractivity contribution is 5.65. The summed E-state index contributed by atoms with van der Waals surface area (Å²) in [5, 5.41) is 0. The van der Waals surface area contributed by atoms with Crippen LogP contribution in [0.25, 0.3) is 0 Å². The first-order valence-electron chi connectivity index (χ1n) is 5.76. The third-order valence-electron chi connectivity index (χ3n) is 2.36. The number of hydrogen-bond acceptors (Lipinski definition) is 3. The van der Waals surface area contributed by atoms with Crippen molar-refractivity contribution in [2.75, 3.05) is 13.2 Å². The molecule has 0 radical (unpaired) electrons. The Kier molecular flexibility index (Phi) is 4.55. The van der Waals surface area contributed by atoms with Crippen LogP contribution in [0.4, 0.5) is 0 Å². The molecule has 0 aliphatic heterocycles. The molecule has 1 aromatic carbocycles. The topological polar surface area (TPSA) is 35.5 Å². The van der Waals surface area contributed by atoms with Gasteiger partial charge in [0, 0.05) is 6.92 Å². The number of benzene rings is 1. The number of carbonyl (C=O) groups is 1. The van der Waals surface area contributed by atoms with Gasteiger partial charge in [-0.25, -0.2) is 0 Å². The first kappa shape index (κ1) is 13.6. The van der Waals surface area contributed by atoms with Gasteiger partial charge in [-0.2, -0.15) is 0 Å². The first-order chi connectivity index (χ1) is 7.89. The van der Waals surface area contributed by atoms with Crippen LogP contribution in [0.1, 0.15) is 33.3 Å². The molecule has 94 valence electrons. The van der Waals surface area contributed by atoms with Crippen molar-refractivity contribution in [2.45, 2.75) is 33.1 Å². The number of esters is 1. The molecule has 0 aliphatic carbocycles. The minimum absolute atomic E-state index is 0.106. The van der Waals surface area contributed by atoms with Gasteiger partial charge in [-0.3, -0.25) is 4.79 Å². The summed E-state index contributed by atoms with van der Waals surface area (Å²) < 4.78 is 10.3. The number of ether oxygens (including phenoxy) is 2. The van der Waals surface area contributed by atoms with Crippen LogP contribution in [-0.2, 0) is 14.9 Å². The van der Waals surface area contributed by atoms with Gasteiger partial charge in [0.25, 0.3) is 0 Å². The highest BCUT2D eigenvalue weighted by Gasteiger charge is 2.13.